The molecule has 0 spiro atoms. The number of halogens is 1. The van der Waals surface area contributed by atoms with Gasteiger partial charge in [0, 0.05) is 11.1 Å². The van der Waals surface area contributed by atoms with E-state index in [-0.39, 0.29) is 17.2 Å². The third kappa shape index (κ3) is 3.82. The fourth-order valence-corrected chi connectivity index (χ4v) is 2.53. The van der Waals surface area contributed by atoms with E-state index in [4.69, 9.17) is 0 Å². The molecule has 1 aromatic rings. The Balaban J connectivity index is 3.04. The predicted molar refractivity (Wildman–Crippen MR) is 82.6 cm³/mol. The quantitative estimate of drug-likeness (QED) is 0.662. The van der Waals surface area contributed by atoms with Crippen molar-refractivity contribution in [3.63, 3.8) is 0 Å². The minimum Gasteiger partial charge on any atom is -0.465 e. The summed E-state index contributed by atoms with van der Waals surface area (Å²) in [4.78, 5) is 24.4. The van der Waals surface area contributed by atoms with Gasteiger partial charge >= 0.3 is 6.09 Å². The van der Waals surface area contributed by atoms with Gasteiger partial charge in [0.25, 0.3) is 0 Å². The smallest absolute Gasteiger partial charge is 0.408 e. The molecule has 4 nitrogen and oxygen atoms in total. The number of hydrogen-bond acceptors (Lipinski definition) is 2. The molecule has 0 bridgehead atoms. The summed E-state index contributed by atoms with van der Waals surface area (Å²) in [6.07, 6.45) is -0.953. The number of carbonyl (C=O) groups is 2. The van der Waals surface area contributed by atoms with Crippen LogP contribution < -0.4 is 0 Å². The zero-order valence-corrected chi connectivity index (χ0v) is 13.8. The molecule has 1 N–H and O–H groups in total. The normalized spacial score (nSPS) is 12.8. The first-order valence-corrected chi connectivity index (χ1v) is 7.52. The van der Waals surface area contributed by atoms with Crippen molar-refractivity contribution >= 4 is 27.8 Å². The molecular formula is C15H20BrNO3. The third-order valence-corrected chi connectivity index (χ3v) is 3.66. The van der Waals surface area contributed by atoms with Crippen molar-refractivity contribution in [2.75, 3.05) is 5.33 Å². The van der Waals surface area contributed by atoms with Gasteiger partial charge in [0.1, 0.15) is 0 Å². The number of ketones is 1. The average molecular weight is 342 g/mol. The molecule has 0 aromatic heterocycles. The van der Waals surface area contributed by atoms with Gasteiger partial charge in [-0.15, -0.1) is 0 Å². The van der Waals surface area contributed by atoms with E-state index < -0.39 is 11.6 Å². The lowest BCUT2D eigenvalue weighted by molar-refractivity contribution is 0.0752. The van der Waals surface area contributed by atoms with Crippen molar-refractivity contribution in [3.8, 4) is 0 Å². The number of alkyl halides is 1. The van der Waals surface area contributed by atoms with Crippen LogP contribution in [0.4, 0.5) is 4.79 Å². The van der Waals surface area contributed by atoms with Gasteiger partial charge in [0.05, 0.1) is 11.4 Å². The van der Waals surface area contributed by atoms with Gasteiger partial charge in [0.2, 0.25) is 0 Å². The Morgan fingerprint density at radius 1 is 1.25 bits per heavy atom. The van der Waals surface area contributed by atoms with E-state index in [9.17, 15) is 14.7 Å². The van der Waals surface area contributed by atoms with Crippen LogP contribution in [-0.2, 0) is 0 Å². The lowest BCUT2D eigenvalue weighted by atomic mass is 9.98. The van der Waals surface area contributed by atoms with E-state index >= 15 is 0 Å². The van der Waals surface area contributed by atoms with E-state index in [0.717, 1.165) is 5.56 Å². The molecule has 0 saturated heterocycles. The molecule has 1 rings (SSSR count). The SMILES string of the molecule is C[C@@H](c1ccc(C(=O)CBr)cc1)N(C(=O)O)C(C)(C)C. The molecule has 0 aliphatic heterocycles. The summed E-state index contributed by atoms with van der Waals surface area (Å²) in [7, 11) is 0. The molecule has 0 fully saturated rings. The molecule has 0 radical (unpaired) electrons. The molecule has 110 valence electrons. The minimum atomic E-state index is -0.953. The number of Topliss-reactive ketones (excluding diaryl/α,β-unsaturated/α-hetero) is 1. The van der Waals surface area contributed by atoms with Crippen LogP contribution >= 0.6 is 15.9 Å². The van der Waals surface area contributed by atoms with Crippen LogP contribution in [0.2, 0.25) is 0 Å². The number of carboxylic acid groups (broad SMARTS) is 1. The molecule has 1 amide bonds. The zero-order valence-electron chi connectivity index (χ0n) is 12.2. The number of hydrogen-bond donors (Lipinski definition) is 1. The summed E-state index contributed by atoms with van der Waals surface area (Å²) in [6, 6.07) is 6.81. The van der Waals surface area contributed by atoms with Gasteiger partial charge in [0.15, 0.2) is 5.78 Å². The van der Waals surface area contributed by atoms with Gasteiger partial charge in [-0.2, -0.15) is 0 Å². The van der Waals surface area contributed by atoms with Crippen LogP contribution in [0.25, 0.3) is 0 Å². The van der Waals surface area contributed by atoms with Crippen LogP contribution in [0, 0.1) is 0 Å². The molecular weight excluding hydrogens is 322 g/mol. The Hall–Kier alpha value is -1.36. The van der Waals surface area contributed by atoms with E-state index in [2.05, 4.69) is 15.9 Å². The topological polar surface area (TPSA) is 57.6 Å². The highest BCUT2D eigenvalue weighted by atomic mass is 79.9. The van der Waals surface area contributed by atoms with Crippen LogP contribution in [0.1, 0.15) is 49.7 Å². The Labute approximate surface area is 127 Å². The lowest BCUT2D eigenvalue weighted by Crippen LogP contribution is -2.46. The first-order chi connectivity index (χ1) is 9.18. The fraction of sp³-hybridized carbons (Fsp3) is 0.467. The van der Waals surface area contributed by atoms with E-state index in [1.165, 1.54) is 4.90 Å². The summed E-state index contributed by atoms with van der Waals surface area (Å²) in [5.74, 6) is 0.00937. The van der Waals surface area contributed by atoms with Crippen molar-refractivity contribution < 1.29 is 14.7 Å². The second-order valence-corrected chi connectivity index (χ2v) is 6.24. The van der Waals surface area contributed by atoms with Crippen molar-refractivity contribution in [2.45, 2.75) is 39.3 Å². The Morgan fingerprint density at radius 3 is 2.10 bits per heavy atom. The van der Waals surface area contributed by atoms with Gasteiger partial charge < -0.3 is 5.11 Å². The largest absolute Gasteiger partial charge is 0.465 e. The fourth-order valence-electron chi connectivity index (χ4n) is 2.21. The maximum absolute atomic E-state index is 11.5. The molecule has 20 heavy (non-hydrogen) atoms. The lowest BCUT2D eigenvalue weighted by Gasteiger charge is -2.38. The summed E-state index contributed by atoms with van der Waals surface area (Å²) >= 11 is 3.13. The molecule has 0 heterocycles. The number of rotatable bonds is 4. The molecule has 5 heteroatoms. The Bertz CT molecular complexity index is 491. The predicted octanol–water partition coefficient (Wildman–Crippen LogP) is 4.10. The molecule has 0 saturated carbocycles. The first kappa shape index (κ1) is 16.7. The third-order valence-electron chi connectivity index (χ3n) is 3.15. The summed E-state index contributed by atoms with van der Waals surface area (Å²) in [5, 5.41) is 9.67. The van der Waals surface area contributed by atoms with Gasteiger partial charge in [-0.05, 0) is 33.3 Å². The maximum Gasteiger partial charge on any atom is 0.408 e. The van der Waals surface area contributed by atoms with Crippen molar-refractivity contribution in [2.24, 2.45) is 0 Å². The standard InChI is InChI=1S/C15H20BrNO3/c1-10(17(14(19)20)15(2,3)4)11-5-7-12(8-6-11)13(18)9-16/h5-8,10H,9H2,1-4H3,(H,19,20)/t10-/m0/s1. The van der Waals surface area contributed by atoms with E-state index in [1.807, 2.05) is 39.8 Å². The summed E-state index contributed by atoms with van der Waals surface area (Å²) < 4.78 is 0. The van der Waals surface area contributed by atoms with E-state index in [0.29, 0.717) is 5.56 Å². The number of amides is 1. The van der Waals surface area contributed by atoms with Crippen LogP contribution in [0.3, 0.4) is 0 Å². The first-order valence-electron chi connectivity index (χ1n) is 6.40. The second-order valence-electron chi connectivity index (χ2n) is 5.68. The second kappa shape index (κ2) is 6.39. The number of nitrogens with zero attached hydrogens (tertiary/aromatic N) is 1. The van der Waals surface area contributed by atoms with Crippen molar-refractivity contribution in [3.05, 3.63) is 35.4 Å². The van der Waals surface area contributed by atoms with Gasteiger partial charge in [-0.3, -0.25) is 9.69 Å². The number of carbonyl (C=O) groups excluding carboxylic acids is 1. The monoisotopic (exact) mass is 341 g/mol. The van der Waals surface area contributed by atoms with Gasteiger partial charge in [-0.25, -0.2) is 4.79 Å². The molecule has 0 aliphatic carbocycles. The molecule has 0 aliphatic rings. The maximum atomic E-state index is 11.5. The highest BCUT2D eigenvalue weighted by Crippen LogP contribution is 2.28. The van der Waals surface area contributed by atoms with Gasteiger partial charge in [-0.1, -0.05) is 40.2 Å². The van der Waals surface area contributed by atoms with Crippen LogP contribution in [-0.4, -0.2) is 32.8 Å². The molecule has 1 aromatic carbocycles. The van der Waals surface area contributed by atoms with Crippen LogP contribution in [0.5, 0.6) is 0 Å². The highest BCUT2D eigenvalue weighted by Gasteiger charge is 2.31. The number of benzene rings is 1. The van der Waals surface area contributed by atoms with Crippen molar-refractivity contribution in [1.29, 1.82) is 0 Å². The molecule has 1 atom stereocenters. The Kier molecular flexibility index (Phi) is 5.34. The zero-order chi connectivity index (χ0) is 15.5. The average Bonchev–Trinajstić information content (AvgIpc) is 2.35. The van der Waals surface area contributed by atoms with E-state index in [1.54, 1.807) is 12.1 Å². The minimum absolute atomic E-state index is 0.00937. The summed E-state index contributed by atoms with van der Waals surface area (Å²) in [6.45, 7) is 7.43. The molecule has 0 unspecified atom stereocenters. The highest BCUT2D eigenvalue weighted by molar-refractivity contribution is 9.09. The Morgan fingerprint density at radius 2 is 1.75 bits per heavy atom. The summed E-state index contributed by atoms with van der Waals surface area (Å²) in [5.41, 5.74) is 0.999. The van der Waals surface area contributed by atoms with Crippen LogP contribution in [0.15, 0.2) is 24.3 Å². The van der Waals surface area contributed by atoms with Crippen molar-refractivity contribution in [1.82, 2.24) is 4.90 Å².